The summed E-state index contributed by atoms with van der Waals surface area (Å²) >= 11 is 0. The average Bonchev–Trinajstić information content (AvgIpc) is 2.88. The smallest absolute Gasteiger partial charge is 0.420 e. The average molecular weight is 325 g/mol. The SMILES string of the molecule is O=C(O)Cn1c(=O)oc2cc(-c3cccc4c3CCOC4)ccc21. The molecule has 4 rings (SSSR count). The van der Waals surface area contributed by atoms with Crippen LogP contribution in [-0.4, -0.2) is 22.2 Å². The lowest BCUT2D eigenvalue weighted by Gasteiger charge is -2.19. The van der Waals surface area contributed by atoms with E-state index in [9.17, 15) is 9.59 Å². The fraction of sp³-hybridized carbons (Fsp3) is 0.222. The van der Waals surface area contributed by atoms with E-state index < -0.39 is 18.3 Å². The lowest BCUT2D eigenvalue weighted by atomic mass is 9.92. The zero-order valence-electron chi connectivity index (χ0n) is 12.8. The summed E-state index contributed by atoms with van der Waals surface area (Å²) in [6.07, 6.45) is 0.841. The highest BCUT2D eigenvalue weighted by atomic mass is 16.5. The second-order valence-electron chi connectivity index (χ2n) is 5.78. The first-order valence-corrected chi connectivity index (χ1v) is 7.67. The van der Waals surface area contributed by atoms with Crippen LogP contribution in [0, 0.1) is 0 Å². The Morgan fingerprint density at radius 3 is 2.96 bits per heavy atom. The molecule has 6 nitrogen and oxygen atoms in total. The maximum Gasteiger partial charge on any atom is 0.420 e. The van der Waals surface area contributed by atoms with Crippen LogP contribution in [0.4, 0.5) is 0 Å². The van der Waals surface area contributed by atoms with Gasteiger partial charge in [-0.15, -0.1) is 0 Å². The molecule has 0 spiro atoms. The molecular formula is C18H15NO5. The number of benzene rings is 2. The quantitative estimate of drug-likeness (QED) is 0.800. The molecule has 6 heteroatoms. The molecule has 0 radical (unpaired) electrons. The van der Waals surface area contributed by atoms with E-state index in [1.54, 1.807) is 12.1 Å². The van der Waals surface area contributed by atoms with Crippen molar-refractivity contribution < 1.29 is 19.1 Å². The summed E-state index contributed by atoms with van der Waals surface area (Å²) in [7, 11) is 0. The normalized spacial score (nSPS) is 13.8. The number of carboxylic acid groups (broad SMARTS) is 1. The third-order valence-corrected chi connectivity index (χ3v) is 4.30. The van der Waals surface area contributed by atoms with E-state index in [1.165, 1.54) is 11.1 Å². The third kappa shape index (κ3) is 2.41. The maximum atomic E-state index is 11.9. The highest BCUT2D eigenvalue weighted by Gasteiger charge is 2.17. The standard InChI is InChI=1S/C18H15NO5/c20-17(21)9-19-15-5-4-11(8-16(15)24-18(19)22)13-3-1-2-12-10-23-7-6-14(12)13/h1-5,8H,6-7,9-10H2,(H,20,21). The van der Waals surface area contributed by atoms with Crippen molar-refractivity contribution in [1.29, 1.82) is 0 Å². The molecule has 1 aliphatic rings. The molecule has 0 aliphatic carbocycles. The van der Waals surface area contributed by atoms with E-state index in [-0.39, 0.29) is 0 Å². The Hall–Kier alpha value is -2.86. The van der Waals surface area contributed by atoms with E-state index in [0.717, 1.165) is 22.1 Å². The number of fused-ring (bicyclic) bond motifs is 2. The fourth-order valence-corrected chi connectivity index (χ4v) is 3.21. The molecule has 0 saturated heterocycles. The van der Waals surface area contributed by atoms with Gasteiger partial charge in [0, 0.05) is 0 Å². The summed E-state index contributed by atoms with van der Waals surface area (Å²) in [4.78, 5) is 22.8. The highest BCUT2D eigenvalue weighted by molar-refractivity contribution is 5.82. The number of aromatic nitrogens is 1. The Bertz CT molecular complexity index is 998. The number of aliphatic carboxylic acids is 1. The summed E-state index contributed by atoms with van der Waals surface area (Å²) < 4.78 is 11.8. The number of oxazole rings is 1. The van der Waals surface area contributed by atoms with Crippen LogP contribution in [0.1, 0.15) is 11.1 Å². The minimum atomic E-state index is -1.08. The molecule has 0 atom stereocenters. The predicted octanol–water partition coefficient (Wildman–Crippen LogP) is 2.42. The molecule has 2 aromatic carbocycles. The topological polar surface area (TPSA) is 81.7 Å². The van der Waals surface area contributed by atoms with Gasteiger partial charge in [-0.25, -0.2) is 4.79 Å². The van der Waals surface area contributed by atoms with Crippen molar-refractivity contribution in [2.45, 2.75) is 19.6 Å². The van der Waals surface area contributed by atoms with Crippen LogP contribution < -0.4 is 5.76 Å². The lowest BCUT2D eigenvalue weighted by molar-refractivity contribution is -0.137. The Kier molecular flexibility index (Phi) is 3.46. The van der Waals surface area contributed by atoms with Crippen molar-refractivity contribution in [3.8, 4) is 11.1 Å². The van der Waals surface area contributed by atoms with Gasteiger partial charge in [0.2, 0.25) is 0 Å². The van der Waals surface area contributed by atoms with Gasteiger partial charge >= 0.3 is 11.7 Å². The molecule has 2 heterocycles. The summed E-state index contributed by atoms with van der Waals surface area (Å²) in [6, 6.07) is 11.5. The van der Waals surface area contributed by atoms with Gasteiger partial charge in [0.25, 0.3) is 0 Å². The molecule has 24 heavy (non-hydrogen) atoms. The third-order valence-electron chi connectivity index (χ3n) is 4.30. The fourth-order valence-electron chi connectivity index (χ4n) is 3.21. The molecule has 1 aliphatic heterocycles. The molecule has 0 saturated carbocycles. The number of hydrogen-bond acceptors (Lipinski definition) is 4. The number of nitrogens with zero attached hydrogens (tertiary/aromatic N) is 1. The number of carbonyl (C=O) groups is 1. The molecule has 1 N–H and O–H groups in total. The van der Waals surface area contributed by atoms with E-state index in [0.29, 0.717) is 24.3 Å². The van der Waals surface area contributed by atoms with E-state index in [2.05, 4.69) is 6.07 Å². The van der Waals surface area contributed by atoms with E-state index in [4.69, 9.17) is 14.3 Å². The van der Waals surface area contributed by atoms with Crippen LogP contribution in [0.5, 0.6) is 0 Å². The minimum Gasteiger partial charge on any atom is -0.480 e. The Balaban J connectivity index is 1.85. The Labute approximate surface area is 136 Å². The van der Waals surface area contributed by atoms with Crippen molar-refractivity contribution in [3.05, 3.63) is 58.1 Å². The first-order valence-electron chi connectivity index (χ1n) is 7.67. The van der Waals surface area contributed by atoms with Crippen molar-refractivity contribution in [1.82, 2.24) is 4.57 Å². The zero-order valence-corrected chi connectivity index (χ0v) is 12.8. The number of rotatable bonds is 3. The molecule has 0 bridgehead atoms. The van der Waals surface area contributed by atoms with Gasteiger partial charge in [0.15, 0.2) is 5.58 Å². The number of carboxylic acids is 1. The van der Waals surface area contributed by atoms with Gasteiger partial charge in [-0.2, -0.15) is 0 Å². The van der Waals surface area contributed by atoms with Crippen molar-refractivity contribution in [2.75, 3.05) is 6.61 Å². The predicted molar refractivity (Wildman–Crippen MR) is 86.9 cm³/mol. The first-order chi connectivity index (χ1) is 11.6. The van der Waals surface area contributed by atoms with E-state index in [1.807, 2.05) is 18.2 Å². The molecule has 3 aromatic rings. The second-order valence-corrected chi connectivity index (χ2v) is 5.78. The van der Waals surface area contributed by atoms with Crippen molar-refractivity contribution in [2.24, 2.45) is 0 Å². The van der Waals surface area contributed by atoms with Crippen LogP contribution in [-0.2, 0) is 29.1 Å². The summed E-state index contributed by atoms with van der Waals surface area (Å²) in [6.45, 7) is 0.884. The number of hydrogen-bond donors (Lipinski definition) is 1. The number of ether oxygens (including phenoxy) is 1. The Morgan fingerprint density at radius 2 is 2.12 bits per heavy atom. The van der Waals surface area contributed by atoms with Gasteiger partial charge in [-0.3, -0.25) is 9.36 Å². The van der Waals surface area contributed by atoms with Crippen LogP contribution in [0.25, 0.3) is 22.2 Å². The molecule has 0 amide bonds. The summed E-state index contributed by atoms with van der Waals surface area (Å²) in [5.41, 5.74) is 5.32. The van der Waals surface area contributed by atoms with Gasteiger partial charge in [-0.1, -0.05) is 24.3 Å². The summed E-state index contributed by atoms with van der Waals surface area (Å²) in [5, 5.41) is 8.92. The van der Waals surface area contributed by atoms with Crippen LogP contribution >= 0.6 is 0 Å². The zero-order chi connectivity index (χ0) is 16.7. The van der Waals surface area contributed by atoms with Crippen LogP contribution in [0.15, 0.2) is 45.6 Å². The maximum absolute atomic E-state index is 11.9. The molecule has 1 aromatic heterocycles. The monoisotopic (exact) mass is 325 g/mol. The molecule has 0 fully saturated rings. The second kappa shape index (κ2) is 5.65. The summed E-state index contributed by atoms with van der Waals surface area (Å²) in [5.74, 6) is -1.74. The van der Waals surface area contributed by atoms with Crippen LogP contribution in [0.3, 0.4) is 0 Å². The Morgan fingerprint density at radius 1 is 1.25 bits per heavy atom. The largest absolute Gasteiger partial charge is 0.480 e. The van der Waals surface area contributed by atoms with E-state index >= 15 is 0 Å². The van der Waals surface area contributed by atoms with Gasteiger partial charge in [0.1, 0.15) is 6.54 Å². The van der Waals surface area contributed by atoms with Gasteiger partial charge in [-0.05, 0) is 40.8 Å². The lowest BCUT2D eigenvalue weighted by Crippen LogP contribution is -2.19. The van der Waals surface area contributed by atoms with Crippen LogP contribution in [0.2, 0.25) is 0 Å². The molecular weight excluding hydrogens is 310 g/mol. The van der Waals surface area contributed by atoms with Gasteiger partial charge in [0.05, 0.1) is 18.7 Å². The molecule has 122 valence electrons. The molecule has 0 unspecified atom stereocenters. The van der Waals surface area contributed by atoms with Crippen molar-refractivity contribution >= 4 is 17.1 Å². The first kappa shape index (κ1) is 14.7. The highest BCUT2D eigenvalue weighted by Crippen LogP contribution is 2.31. The van der Waals surface area contributed by atoms with Crippen molar-refractivity contribution in [3.63, 3.8) is 0 Å². The van der Waals surface area contributed by atoms with Gasteiger partial charge < -0.3 is 14.3 Å². The minimum absolute atomic E-state index is 0.392.